The second-order valence-electron chi connectivity index (χ2n) is 6.78. The molecule has 1 aromatic rings. The van der Waals surface area contributed by atoms with Gasteiger partial charge in [0, 0.05) is 0 Å². The van der Waals surface area contributed by atoms with Crippen molar-refractivity contribution in [2.24, 2.45) is 11.8 Å². The molecule has 1 saturated carbocycles. The van der Waals surface area contributed by atoms with E-state index in [2.05, 4.69) is 0 Å². The molecule has 0 aromatic heterocycles. The number of carboxylic acids is 1. The SMILES string of the molecule is CC(C)C(CC1CCCCC1)OC(=O)c1ccccc1C(=O)O. The first kappa shape index (κ1) is 17.5. The Balaban J connectivity index is 2.07. The first-order valence-corrected chi connectivity index (χ1v) is 8.52. The van der Waals surface area contributed by atoms with Crippen LogP contribution in [0.4, 0.5) is 0 Å². The molecule has 0 saturated heterocycles. The summed E-state index contributed by atoms with van der Waals surface area (Å²) in [7, 11) is 0. The predicted molar refractivity (Wildman–Crippen MR) is 88.6 cm³/mol. The van der Waals surface area contributed by atoms with Crippen LogP contribution in [0.3, 0.4) is 0 Å². The lowest BCUT2D eigenvalue weighted by Gasteiger charge is -2.28. The average Bonchev–Trinajstić information content (AvgIpc) is 2.55. The monoisotopic (exact) mass is 318 g/mol. The van der Waals surface area contributed by atoms with Crippen LogP contribution in [-0.2, 0) is 4.74 Å². The van der Waals surface area contributed by atoms with E-state index in [-0.39, 0.29) is 23.1 Å². The van der Waals surface area contributed by atoms with Gasteiger partial charge in [-0.2, -0.15) is 0 Å². The Bertz CT molecular complexity index is 544. The van der Waals surface area contributed by atoms with Crippen molar-refractivity contribution in [2.75, 3.05) is 0 Å². The van der Waals surface area contributed by atoms with E-state index in [1.165, 1.54) is 44.2 Å². The zero-order valence-corrected chi connectivity index (χ0v) is 14.0. The lowest BCUT2D eigenvalue weighted by molar-refractivity contribution is 0.00853. The summed E-state index contributed by atoms with van der Waals surface area (Å²) in [5.41, 5.74) is 0.131. The molecule has 0 aliphatic heterocycles. The van der Waals surface area contributed by atoms with Crippen molar-refractivity contribution >= 4 is 11.9 Å². The Labute approximate surface area is 137 Å². The summed E-state index contributed by atoms with van der Waals surface area (Å²) in [5, 5.41) is 9.21. The third kappa shape index (κ3) is 4.81. The van der Waals surface area contributed by atoms with E-state index in [9.17, 15) is 14.7 Å². The van der Waals surface area contributed by atoms with Crippen molar-refractivity contribution in [1.29, 1.82) is 0 Å². The molecule has 1 N–H and O–H groups in total. The highest BCUT2D eigenvalue weighted by Crippen LogP contribution is 2.30. The molecule has 1 atom stereocenters. The van der Waals surface area contributed by atoms with Gasteiger partial charge < -0.3 is 9.84 Å². The summed E-state index contributed by atoms with van der Waals surface area (Å²) < 4.78 is 5.69. The molecule has 1 unspecified atom stereocenters. The minimum absolute atomic E-state index is 0.00216. The van der Waals surface area contributed by atoms with Crippen LogP contribution in [0.5, 0.6) is 0 Å². The van der Waals surface area contributed by atoms with Gasteiger partial charge in [-0.25, -0.2) is 9.59 Å². The van der Waals surface area contributed by atoms with Gasteiger partial charge in [0.2, 0.25) is 0 Å². The molecule has 1 fully saturated rings. The summed E-state index contributed by atoms with van der Waals surface area (Å²) in [4.78, 5) is 23.7. The predicted octanol–water partition coefficient (Wildman–Crippen LogP) is 4.54. The number of ether oxygens (including phenoxy) is 1. The standard InChI is InChI=1S/C19H26O4/c1-13(2)17(12-14-8-4-3-5-9-14)23-19(22)16-11-7-6-10-15(16)18(20)21/h6-7,10-11,13-14,17H,3-5,8-9,12H2,1-2H3,(H,20,21). The van der Waals surface area contributed by atoms with E-state index in [4.69, 9.17) is 4.74 Å². The van der Waals surface area contributed by atoms with Crippen molar-refractivity contribution < 1.29 is 19.4 Å². The largest absolute Gasteiger partial charge is 0.478 e. The van der Waals surface area contributed by atoms with Crippen molar-refractivity contribution in [1.82, 2.24) is 0 Å². The highest BCUT2D eigenvalue weighted by Gasteiger charge is 2.26. The molecule has 4 nitrogen and oxygen atoms in total. The topological polar surface area (TPSA) is 63.6 Å². The van der Waals surface area contributed by atoms with Gasteiger partial charge in [0.1, 0.15) is 6.10 Å². The summed E-state index contributed by atoms with van der Waals surface area (Å²) in [6, 6.07) is 6.23. The van der Waals surface area contributed by atoms with Crippen LogP contribution >= 0.6 is 0 Å². The van der Waals surface area contributed by atoms with Crippen LogP contribution < -0.4 is 0 Å². The molecule has 4 heteroatoms. The molecule has 126 valence electrons. The molecule has 0 bridgehead atoms. The summed E-state index contributed by atoms with van der Waals surface area (Å²) in [5.74, 6) is -0.806. The lowest BCUT2D eigenvalue weighted by Crippen LogP contribution is -2.28. The van der Waals surface area contributed by atoms with Crippen LogP contribution in [-0.4, -0.2) is 23.1 Å². The van der Waals surface area contributed by atoms with E-state index in [0.29, 0.717) is 5.92 Å². The first-order valence-electron chi connectivity index (χ1n) is 8.52. The number of hydrogen-bond donors (Lipinski definition) is 1. The molecule has 1 aromatic carbocycles. The van der Waals surface area contributed by atoms with E-state index in [1.807, 2.05) is 13.8 Å². The molecule has 23 heavy (non-hydrogen) atoms. The van der Waals surface area contributed by atoms with Gasteiger partial charge >= 0.3 is 11.9 Å². The Morgan fingerprint density at radius 1 is 1.13 bits per heavy atom. The number of aromatic carboxylic acids is 1. The van der Waals surface area contributed by atoms with Crippen LogP contribution in [0, 0.1) is 11.8 Å². The number of carboxylic acid groups (broad SMARTS) is 1. The third-order valence-electron chi connectivity index (χ3n) is 4.67. The maximum Gasteiger partial charge on any atom is 0.339 e. The quantitative estimate of drug-likeness (QED) is 0.782. The fraction of sp³-hybridized carbons (Fsp3) is 0.579. The van der Waals surface area contributed by atoms with Gasteiger partial charge in [0.05, 0.1) is 11.1 Å². The fourth-order valence-corrected chi connectivity index (χ4v) is 3.26. The molecular weight excluding hydrogens is 292 g/mol. The highest BCUT2D eigenvalue weighted by atomic mass is 16.5. The molecule has 0 spiro atoms. The molecule has 0 heterocycles. The Morgan fingerprint density at radius 2 is 1.74 bits per heavy atom. The molecule has 2 rings (SSSR count). The van der Waals surface area contributed by atoms with E-state index in [0.717, 1.165) is 6.42 Å². The van der Waals surface area contributed by atoms with E-state index in [1.54, 1.807) is 12.1 Å². The molecule has 0 amide bonds. The molecule has 1 aliphatic rings. The van der Waals surface area contributed by atoms with Crippen molar-refractivity contribution in [3.8, 4) is 0 Å². The first-order chi connectivity index (χ1) is 11.0. The summed E-state index contributed by atoms with van der Waals surface area (Å²) in [6.45, 7) is 4.09. The normalized spacial score (nSPS) is 17.0. The number of benzene rings is 1. The zero-order chi connectivity index (χ0) is 16.8. The number of hydrogen-bond acceptors (Lipinski definition) is 3. The van der Waals surface area contributed by atoms with Gasteiger partial charge in [-0.15, -0.1) is 0 Å². The minimum Gasteiger partial charge on any atom is -0.478 e. The highest BCUT2D eigenvalue weighted by molar-refractivity contribution is 6.02. The maximum absolute atomic E-state index is 12.4. The molecule has 0 radical (unpaired) electrons. The lowest BCUT2D eigenvalue weighted by atomic mass is 9.83. The summed E-state index contributed by atoms with van der Waals surface area (Å²) >= 11 is 0. The second-order valence-corrected chi connectivity index (χ2v) is 6.78. The number of carbonyl (C=O) groups excluding carboxylic acids is 1. The van der Waals surface area contributed by atoms with Crippen LogP contribution in [0.15, 0.2) is 24.3 Å². The van der Waals surface area contributed by atoms with E-state index >= 15 is 0 Å². The fourth-order valence-electron chi connectivity index (χ4n) is 3.26. The Kier molecular flexibility index (Phi) is 6.20. The van der Waals surface area contributed by atoms with Crippen molar-refractivity contribution in [2.45, 2.75) is 58.5 Å². The van der Waals surface area contributed by atoms with Crippen molar-refractivity contribution in [3.63, 3.8) is 0 Å². The van der Waals surface area contributed by atoms with Gasteiger partial charge in [-0.3, -0.25) is 0 Å². The molecular formula is C19H26O4. The van der Waals surface area contributed by atoms with E-state index < -0.39 is 11.9 Å². The average molecular weight is 318 g/mol. The molecule has 1 aliphatic carbocycles. The smallest absolute Gasteiger partial charge is 0.339 e. The number of esters is 1. The van der Waals surface area contributed by atoms with Gasteiger partial charge in [0.25, 0.3) is 0 Å². The summed E-state index contributed by atoms with van der Waals surface area (Å²) in [6.07, 6.45) is 6.93. The zero-order valence-electron chi connectivity index (χ0n) is 14.0. The Hall–Kier alpha value is -1.84. The van der Waals surface area contributed by atoms with Gasteiger partial charge in [-0.05, 0) is 30.4 Å². The number of rotatable bonds is 6. The van der Waals surface area contributed by atoms with Gasteiger partial charge in [0.15, 0.2) is 0 Å². The van der Waals surface area contributed by atoms with Crippen LogP contribution in [0.25, 0.3) is 0 Å². The maximum atomic E-state index is 12.4. The van der Waals surface area contributed by atoms with Crippen molar-refractivity contribution in [3.05, 3.63) is 35.4 Å². The van der Waals surface area contributed by atoms with Crippen LogP contribution in [0.2, 0.25) is 0 Å². The Morgan fingerprint density at radius 3 is 2.30 bits per heavy atom. The van der Waals surface area contributed by atoms with Crippen LogP contribution in [0.1, 0.15) is 73.1 Å². The minimum atomic E-state index is -1.11. The number of carbonyl (C=O) groups is 2. The third-order valence-corrected chi connectivity index (χ3v) is 4.67. The second kappa shape index (κ2) is 8.14. The van der Waals surface area contributed by atoms with Gasteiger partial charge in [-0.1, -0.05) is 58.1 Å².